The van der Waals surface area contributed by atoms with E-state index in [0.29, 0.717) is 5.56 Å². The van der Waals surface area contributed by atoms with Gasteiger partial charge < -0.3 is 0 Å². The molecule has 3 nitrogen and oxygen atoms in total. The Bertz CT molecular complexity index is 931. The number of rotatable bonds is 5. The van der Waals surface area contributed by atoms with Crippen LogP contribution in [0.2, 0.25) is 10.0 Å². The van der Waals surface area contributed by atoms with Crippen LogP contribution in [0.5, 0.6) is 0 Å². The van der Waals surface area contributed by atoms with Gasteiger partial charge in [0.2, 0.25) is 5.52 Å². The first-order valence-corrected chi connectivity index (χ1v) is 11.1. The van der Waals surface area contributed by atoms with E-state index in [2.05, 4.69) is 20.8 Å². The summed E-state index contributed by atoms with van der Waals surface area (Å²) in [7, 11) is -2.49. The summed E-state index contributed by atoms with van der Waals surface area (Å²) in [5.41, 5.74) is 1.52. The van der Waals surface area contributed by atoms with E-state index in [0.717, 1.165) is 16.7 Å². The van der Waals surface area contributed by atoms with Crippen LogP contribution in [0.3, 0.4) is 0 Å². The third-order valence-electron chi connectivity index (χ3n) is 4.75. The normalized spacial score (nSPS) is 13.2. The van der Waals surface area contributed by atoms with Crippen molar-refractivity contribution in [2.24, 2.45) is 0 Å². The quantitative estimate of drug-likeness (QED) is 0.368. The number of carbonyl (C=O) groups excluding carboxylic acids is 2. The van der Waals surface area contributed by atoms with Crippen LogP contribution in [0.15, 0.2) is 30.3 Å². The van der Waals surface area contributed by atoms with Crippen molar-refractivity contribution in [3.8, 4) is 0 Å². The second-order valence-electron chi connectivity index (χ2n) is 8.00. The van der Waals surface area contributed by atoms with Gasteiger partial charge in [0.15, 0.2) is 13.6 Å². The summed E-state index contributed by atoms with van der Waals surface area (Å²) >= 11 is 12.2. The predicted octanol–water partition coefficient (Wildman–Crippen LogP) is 7.15. The van der Waals surface area contributed by atoms with Gasteiger partial charge in [0.25, 0.3) is 0 Å². The van der Waals surface area contributed by atoms with Crippen molar-refractivity contribution < 1.29 is 14.2 Å². The molecule has 0 bridgehead atoms. The molecule has 2 aromatic rings. The summed E-state index contributed by atoms with van der Waals surface area (Å²) in [5, 5.41) is 0.365. The fourth-order valence-electron chi connectivity index (χ4n) is 3.07. The summed E-state index contributed by atoms with van der Waals surface area (Å²) in [6, 6.07) is 8.60. The van der Waals surface area contributed by atoms with Crippen LogP contribution < -0.4 is 0 Å². The van der Waals surface area contributed by atoms with Crippen LogP contribution in [0.4, 0.5) is 0 Å². The molecule has 0 spiro atoms. The van der Waals surface area contributed by atoms with Gasteiger partial charge in [-0.25, -0.2) is 0 Å². The predicted molar refractivity (Wildman–Crippen MR) is 117 cm³/mol. The number of halogens is 2. The molecule has 0 saturated heterocycles. The Kier molecular flexibility index (Phi) is 6.86. The van der Waals surface area contributed by atoms with Gasteiger partial charge in [0.1, 0.15) is 0 Å². The number of carbonyl (C=O) groups is 2. The van der Waals surface area contributed by atoms with E-state index in [4.69, 9.17) is 23.2 Å². The third kappa shape index (κ3) is 4.54. The number of aryl methyl sites for hydroxylation is 2. The van der Waals surface area contributed by atoms with Crippen molar-refractivity contribution in [2.45, 2.75) is 52.6 Å². The van der Waals surface area contributed by atoms with E-state index in [9.17, 15) is 14.2 Å². The van der Waals surface area contributed by atoms with Crippen LogP contribution in [0.1, 0.15) is 65.1 Å². The molecule has 0 aliphatic rings. The average molecular weight is 438 g/mol. The van der Waals surface area contributed by atoms with Gasteiger partial charge in [-0.15, -0.1) is 0 Å². The summed E-state index contributed by atoms with van der Waals surface area (Å²) in [6.07, 6.45) is 0. The Morgan fingerprint density at radius 1 is 0.964 bits per heavy atom. The highest BCUT2D eigenvalue weighted by atomic mass is 35.5. The highest BCUT2D eigenvalue weighted by Gasteiger charge is 2.32. The highest BCUT2D eigenvalue weighted by Crippen LogP contribution is 2.39. The lowest BCUT2D eigenvalue weighted by molar-refractivity contribution is 0.0982. The molecule has 28 heavy (non-hydrogen) atoms. The summed E-state index contributed by atoms with van der Waals surface area (Å²) in [4.78, 5) is 25.8. The average Bonchev–Trinajstić information content (AvgIpc) is 2.58. The van der Waals surface area contributed by atoms with Crippen LogP contribution in [-0.2, 0) is 9.98 Å². The maximum absolute atomic E-state index is 13.0. The van der Waals surface area contributed by atoms with Gasteiger partial charge in [-0.05, 0) is 55.0 Å². The number of hydrogen-bond donors (Lipinski definition) is 0. The molecule has 2 aromatic carbocycles. The van der Waals surface area contributed by atoms with E-state index >= 15 is 0 Å². The summed E-state index contributed by atoms with van der Waals surface area (Å²) < 4.78 is 13.0. The number of ketones is 1. The summed E-state index contributed by atoms with van der Waals surface area (Å²) in [5.74, 6) is -0.494. The third-order valence-corrected chi connectivity index (χ3v) is 6.95. The molecular weight excluding hydrogens is 414 g/mol. The zero-order valence-electron chi connectivity index (χ0n) is 16.9. The first-order valence-electron chi connectivity index (χ1n) is 8.97. The number of Topliss-reactive ketones (excluding diaryl/α,β-unsaturated/α-hetero) is 1. The van der Waals surface area contributed by atoms with Crippen molar-refractivity contribution in [1.82, 2.24) is 0 Å². The Balaban J connectivity index is 2.40. The maximum Gasteiger partial charge on any atom is 0.243 e. The van der Waals surface area contributed by atoms with Crippen molar-refractivity contribution in [2.75, 3.05) is 0 Å². The Morgan fingerprint density at radius 2 is 1.43 bits per heavy atom. The minimum absolute atomic E-state index is 0.0661. The van der Waals surface area contributed by atoms with Crippen molar-refractivity contribution in [3.05, 3.63) is 68.2 Å². The SMILES string of the molecule is Cc1cc(C(C)(C)C)cc(C)c1C(=O)[P](=O)C(C)C(=O)c1c(Cl)cccc1Cl. The standard InChI is InChI=1S/C22H24Cl2O3P/c1-12-10-15(22(4,5)6)11-13(2)18(12)21(26)28(27)14(3)20(25)19-16(23)8-7-9-17(19)24/h7-11,14H,1-6H3. The Morgan fingerprint density at radius 3 is 1.86 bits per heavy atom. The van der Waals surface area contributed by atoms with Gasteiger partial charge in [0.05, 0.1) is 21.3 Å². The van der Waals surface area contributed by atoms with E-state index < -0.39 is 24.8 Å². The minimum atomic E-state index is -2.49. The molecule has 0 aliphatic carbocycles. The second-order valence-corrected chi connectivity index (χ2v) is 10.6. The molecular formula is C22H24Cl2O3P. The van der Waals surface area contributed by atoms with E-state index in [1.54, 1.807) is 18.2 Å². The Labute approximate surface area is 177 Å². The van der Waals surface area contributed by atoms with Gasteiger partial charge >= 0.3 is 0 Å². The lowest BCUT2D eigenvalue weighted by Crippen LogP contribution is -2.18. The van der Waals surface area contributed by atoms with Gasteiger partial charge in [0, 0.05) is 5.56 Å². The van der Waals surface area contributed by atoms with E-state index in [1.807, 2.05) is 26.0 Å². The van der Waals surface area contributed by atoms with E-state index in [-0.39, 0.29) is 21.0 Å². The molecule has 2 unspecified atom stereocenters. The van der Waals surface area contributed by atoms with Crippen LogP contribution >= 0.6 is 31.0 Å². The fraction of sp³-hybridized carbons (Fsp3) is 0.364. The minimum Gasteiger partial charge on any atom is -0.293 e. The van der Waals surface area contributed by atoms with Crippen molar-refractivity contribution in [1.29, 1.82) is 0 Å². The maximum atomic E-state index is 13.0. The monoisotopic (exact) mass is 437 g/mol. The molecule has 2 atom stereocenters. The molecule has 0 fully saturated rings. The zero-order chi connectivity index (χ0) is 21.4. The molecule has 0 aliphatic heterocycles. The first kappa shape index (κ1) is 22.7. The molecule has 149 valence electrons. The van der Waals surface area contributed by atoms with Gasteiger partial charge in [-0.2, -0.15) is 0 Å². The van der Waals surface area contributed by atoms with Crippen LogP contribution in [-0.4, -0.2) is 17.0 Å². The van der Waals surface area contributed by atoms with Crippen molar-refractivity contribution >= 4 is 42.3 Å². The highest BCUT2D eigenvalue weighted by molar-refractivity contribution is 7.66. The lowest BCUT2D eigenvalue weighted by Gasteiger charge is -2.22. The molecule has 0 amide bonds. The molecule has 6 heteroatoms. The fourth-order valence-corrected chi connectivity index (χ4v) is 4.92. The topological polar surface area (TPSA) is 51.2 Å². The molecule has 1 radical (unpaired) electrons. The zero-order valence-corrected chi connectivity index (χ0v) is 19.3. The molecule has 2 rings (SSSR count). The molecule has 0 saturated carbocycles. The largest absolute Gasteiger partial charge is 0.293 e. The van der Waals surface area contributed by atoms with E-state index in [1.165, 1.54) is 6.92 Å². The lowest BCUT2D eigenvalue weighted by atomic mass is 9.84. The smallest absolute Gasteiger partial charge is 0.243 e. The molecule has 0 aromatic heterocycles. The van der Waals surface area contributed by atoms with Gasteiger partial charge in [-0.1, -0.05) is 62.2 Å². The molecule has 0 N–H and O–H groups in total. The molecule has 0 heterocycles. The van der Waals surface area contributed by atoms with Crippen molar-refractivity contribution in [3.63, 3.8) is 0 Å². The van der Waals surface area contributed by atoms with Gasteiger partial charge in [-0.3, -0.25) is 14.2 Å². The summed E-state index contributed by atoms with van der Waals surface area (Å²) in [6.45, 7) is 11.4. The first-order chi connectivity index (χ1) is 12.9. The number of hydrogen-bond acceptors (Lipinski definition) is 3. The second kappa shape index (κ2) is 8.45. The van der Waals surface area contributed by atoms with Crippen LogP contribution in [0, 0.1) is 13.8 Å². The Hall–Kier alpha value is -1.54. The van der Waals surface area contributed by atoms with Crippen LogP contribution in [0.25, 0.3) is 0 Å². The number of benzene rings is 2.